The van der Waals surface area contributed by atoms with Gasteiger partial charge in [-0.3, -0.25) is 9.59 Å². The van der Waals surface area contributed by atoms with Crippen molar-refractivity contribution in [1.29, 1.82) is 0 Å². The molecule has 36 heavy (non-hydrogen) atoms. The smallest absolute Gasteiger partial charge is 0.310 e. The quantitative estimate of drug-likeness (QED) is 0.124. The number of carboxylic acid groups (broad SMARTS) is 1. The summed E-state index contributed by atoms with van der Waals surface area (Å²) in [6, 6.07) is 0. The van der Waals surface area contributed by atoms with Crippen molar-refractivity contribution in [3.05, 3.63) is 0 Å². The van der Waals surface area contributed by atoms with Crippen LogP contribution in [0.25, 0.3) is 0 Å². The number of unbranched alkanes of at least 4 members (excludes halogenated alkanes) is 8. The van der Waals surface area contributed by atoms with Gasteiger partial charge in [-0.15, -0.1) is 0 Å². The average Bonchev–Trinajstić information content (AvgIpc) is 2.83. The first-order valence-corrected chi connectivity index (χ1v) is 15.7. The van der Waals surface area contributed by atoms with E-state index in [4.69, 9.17) is 4.74 Å². The van der Waals surface area contributed by atoms with Crippen LogP contribution in [0.4, 0.5) is 0 Å². The van der Waals surface area contributed by atoms with E-state index in [1.54, 1.807) is 0 Å². The lowest BCUT2D eigenvalue weighted by Gasteiger charge is -2.37. The van der Waals surface area contributed by atoms with Crippen LogP contribution in [-0.2, 0) is 14.3 Å². The van der Waals surface area contributed by atoms with Gasteiger partial charge in [-0.25, -0.2) is 0 Å². The minimum atomic E-state index is -0.830. The van der Waals surface area contributed by atoms with Gasteiger partial charge in [-0.05, 0) is 63.2 Å². The Balaban J connectivity index is 2.88. The highest BCUT2D eigenvalue weighted by molar-refractivity contribution is 5.81. The van der Waals surface area contributed by atoms with E-state index in [1.807, 2.05) is 0 Å². The monoisotopic (exact) mass is 508 g/mol. The molecule has 0 saturated heterocycles. The number of carbonyl (C=O) groups is 2. The molecule has 4 nitrogen and oxygen atoms in total. The number of carboxylic acids is 1. The molecule has 0 aromatic carbocycles. The van der Waals surface area contributed by atoms with Crippen molar-refractivity contribution in [2.75, 3.05) is 0 Å². The number of ether oxygens (including phenoxy) is 1. The first kappa shape index (κ1) is 33.0. The van der Waals surface area contributed by atoms with Gasteiger partial charge < -0.3 is 9.84 Å². The molecule has 1 fully saturated rings. The van der Waals surface area contributed by atoms with Crippen LogP contribution in [0.2, 0.25) is 0 Å². The lowest BCUT2D eigenvalue weighted by atomic mass is 9.78. The van der Waals surface area contributed by atoms with Crippen LogP contribution >= 0.6 is 0 Å². The number of rotatable bonds is 21. The zero-order valence-corrected chi connectivity index (χ0v) is 24.6. The van der Waals surface area contributed by atoms with Crippen molar-refractivity contribution >= 4 is 11.9 Å². The zero-order chi connectivity index (χ0) is 26.8. The highest BCUT2D eigenvalue weighted by atomic mass is 16.6. The van der Waals surface area contributed by atoms with Gasteiger partial charge in [0.05, 0.1) is 11.8 Å². The summed E-state index contributed by atoms with van der Waals surface area (Å²) in [4.78, 5) is 25.4. The third kappa shape index (κ3) is 14.0. The molecule has 0 spiro atoms. The fourth-order valence-electron chi connectivity index (χ4n) is 5.93. The molecule has 0 aromatic heterocycles. The zero-order valence-electron chi connectivity index (χ0n) is 24.6. The fraction of sp³-hybridized carbons (Fsp3) is 0.938. The van der Waals surface area contributed by atoms with Crippen molar-refractivity contribution in [3.8, 4) is 0 Å². The lowest BCUT2D eigenvalue weighted by molar-refractivity contribution is -0.175. The first-order chi connectivity index (χ1) is 17.2. The summed E-state index contributed by atoms with van der Waals surface area (Å²) in [6.45, 7) is 11.4. The van der Waals surface area contributed by atoms with Gasteiger partial charge in [0.15, 0.2) is 0 Å². The second-order valence-corrected chi connectivity index (χ2v) is 12.6. The minimum absolute atomic E-state index is 0.224. The molecule has 1 saturated carbocycles. The van der Waals surface area contributed by atoms with E-state index in [0.717, 1.165) is 76.0 Å². The SMILES string of the molecule is CCCCCC(CCCCCCC(C)C)(CCCCCCC(C)C)OC(=O)C1CCCCC1C(=O)O. The third-order valence-electron chi connectivity index (χ3n) is 8.27. The summed E-state index contributed by atoms with van der Waals surface area (Å²) >= 11 is 0. The van der Waals surface area contributed by atoms with Crippen LogP contribution in [0, 0.1) is 23.7 Å². The second-order valence-electron chi connectivity index (χ2n) is 12.6. The van der Waals surface area contributed by atoms with Crippen molar-refractivity contribution in [2.24, 2.45) is 23.7 Å². The molecule has 1 N–H and O–H groups in total. The molecule has 212 valence electrons. The van der Waals surface area contributed by atoms with E-state index in [9.17, 15) is 14.7 Å². The predicted molar refractivity (Wildman–Crippen MR) is 151 cm³/mol. The molecule has 2 atom stereocenters. The molecular weight excluding hydrogens is 448 g/mol. The summed E-state index contributed by atoms with van der Waals surface area (Å²) in [6.07, 6.45) is 21.4. The van der Waals surface area contributed by atoms with Crippen LogP contribution in [0.1, 0.15) is 163 Å². The van der Waals surface area contributed by atoms with Crippen LogP contribution < -0.4 is 0 Å². The Morgan fingerprint density at radius 2 is 1.17 bits per heavy atom. The third-order valence-corrected chi connectivity index (χ3v) is 8.27. The molecule has 1 rings (SSSR count). The number of carbonyl (C=O) groups excluding carboxylic acids is 1. The fourth-order valence-corrected chi connectivity index (χ4v) is 5.93. The van der Waals surface area contributed by atoms with Gasteiger partial charge in [0.1, 0.15) is 5.60 Å². The van der Waals surface area contributed by atoms with Gasteiger partial charge in [0.25, 0.3) is 0 Å². The molecule has 0 aromatic rings. The number of esters is 1. The van der Waals surface area contributed by atoms with Crippen molar-refractivity contribution < 1.29 is 19.4 Å². The molecule has 1 aliphatic rings. The molecule has 0 amide bonds. The lowest BCUT2D eigenvalue weighted by Crippen LogP contribution is -2.41. The predicted octanol–water partition coefficient (Wildman–Crippen LogP) is 9.73. The summed E-state index contributed by atoms with van der Waals surface area (Å²) in [5.41, 5.74) is -0.414. The normalized spacial score (nSPS) is 18.6. The van der Waals surface area contributed by atoms with Gasteiger partial charge >= 0.3 is 11.9 Å². The summed E-state index contributed by atoms with van der Waals surface area (Å²) in [5.74, 6) is -0.591. The Labute approximate surface area is 223 Å². The Hall–Kier alpha value is -1.06. The van der Waals surface area contributed by atoms with E-state index >= 15 is 0 Å². The minimum Gasteiger partial charge on any atom is -0.481 e. The molecule has 0 aliphatic heterocycles. The maximum atomic E-state index is 13.5. The van der Waals surface area contributed by atoms with E-state index in [-0.39, 0.29) is 5.97 Å². The highest BCUT2D eigenvalue weighted by Crippen LogP contribution is 2.37. The van der Waals surface area contributed by atoms with Gasteiger partial charge in [-0.2, -0.15) is 0 Å². The Bertz CT molecular complexity index is 563. The Morgan fingerprint density at radius 3 is 1.61 bits per heavy atom. The largest absolute Gasteiger partial charge is 0.481 e. The maximum absolute atomic E-state index is 13.5. The van der Waals surface area contributed by atoms with Crippen LogP contribution in [-0.4, -0.2) is 22.6 Å². The van der Waals surface area contributed by atoms with Gasteiger partial charge in [-0.1, -0.05) is 112 Å². The number of aliphatic carboxylic acids is 1. The van der Waals surface area contributed by atoms with E-state index in [0.29, 0.717) is 12.8 Å². The van der Waals surface area contributed by atoms with Crippen molar-refractivity contribution in [2.45, 2.75) is 169 Å². The summed E-state index contributed by atoms with van der Waals surface area (Å²) in [5, 5.41) is 9.75. The summed E-state index contributed by atoms with van der Waals surface area (Å²) in [7, 11) is 0. The molecule has 2 unspecified atom stereocenters. The van der Waals surface area contributed by atoms with Crippen molar-refractivity contribution in [3.63, 3.8) is 0 Å². The average molecular weight is 509 g/mol. The first-order valence-electron chi connectivity index (χ1n) is 15.7. The molecule has 4 heteroatoms. The van der Waals surface area contributed by atoms with E-state index in [2.05, 4.69) is 34.6 Å². The molecule has 0 heterocycles. The van der Waals surface area contributed by atoms with Crippen LogP contribution in [0.3, 0.4) is 0 Å². The Morgan fingerprint density at radius 1 is 0.722 bits per heavy atom. The molecular formula is C32H60O4. The van der Waals surface area contributed by atoms with Gasteiger partial charge in [0.2, 0.25) is 0 Å². The van der Waals surface area contributed by atoms with Crippen LogP contribution in [0.5, 0.6) is 0 Å². The standard InChI is InChI=1S/C32H60O4/c1-6-7-16-23-32(24-17-10-8-12-19-26(2)3,25-18-11-9-13-20-27(4)5)36-31(35)29-22-15-14-21-28(29)30(33)34/h26-29H,6-25H2,1-5H3,(H,33,34). The van der Waals surface area contributed by atoms with E-state index < -0.39 is 23.4 Å². The van der Waals surface area contributed by atoms with Crippen molar-refractivity contribution in [1.82, 2.24) is 0 Å². The molecule has 0 radical (unpaired) electrons. The Kier molecular flexibility index (Phi) is 17.5. The molecule has 1 aliphatic carbocycles. The topological polar surface area (TPSA) is 63.6 Å². The highest BCUT2D eigenvalue weighted by Gasteiger charge is 2.41. The van der Waals surface area contributed by atoms with E-state index in [1.165, 1.54) is 51.4 Å². The number of hydrogen-bond acceptors (Lipinski definition) is 3. The second kappa shape index (κ2) is 19.1. The van der Waals surface area contributed by atoms with Gasteiger partial charge in [0, 0.05) is 0 Å². The maximum Gasteiger partial charge on any atom is 0.310 e. The molecule has 0 bridgehead atoms. The summed E-state index contributed by atoms with van der Waals surface area (Å²) < 4.78 is 6.49. The number of hydrogen-bond donors (Lipinski definition) is 1. The van der Waals surface area contributed by atoms with Crippen LogP contribution in [0.15, 0.2) is 0 Å².